The van der Waals surface area contributed by atoms with Crippen LogP contribution in [0.1, 0.15) is 6.23 Å². The van der Waals surface area contributed by atoms with E-state index in [1.54, 1.807) is 18.2 Å². The Kier molecular flexibility index (Phi) is 3.31. The molecule has 0 aliphatic carbocycles. The number of anilines is 1. The monoisotopic (exact) mass is 299 g/mol. The molecule has 2 aromatic rings. The Morgan fingerprint density at radius 2 is 2.10 bits per heavy atom. The first-order chi connectivity index (χ1) is 9.52. The first kappa shape index (κ1) is 13.6. The molecule has 1 aromatic heterocycles. The van der Waals surface area contributed by atoms with Gasteiger partial charge in [-0.2, -0.15) is 0 Å². The Morgan fingerprint density at radius 1 is 1.35 bits per heavy atom. The van der Waals surface area contributed by atoms with Crippen molar-refractivity contribution in [2.45, 2.75) is 24.5 Å². The predicted octanol–water partition coefficient (Wildman–Crippen LogP) is -0.117. The van der Waals surface area contributed by atoms with Crippen molar-refractivity contribution >= 4 is 28.3 Å². The van der Waals surface area contributed by atoms with Crippen LogP contribution in [0.25, 0.3) is 11.0 Å². The molecule has 2 heterocycles. The number of ether oxygens (including phenoxy) is 1. The zero-order valence-corrected chi connectivity index (χ0v) is 11.1. The molecule has 0 unspecified atom stereocenters. The number of nitrogens with zero attached hydrogens (tertiary/aromatic N) is 2. The molecule has 0 amide bonds. The van der Waals surface area contributed by atoms with E-state index in [1.807, 2.05) is 0 Å². The number of nitrogen functional groups attached to an aromatic ring is 1. The van der Waals surface area contributed by atoms with Gasteiger partial charge >= 0.3 is 0 Å². The minimum atomic E-state index is -1.21. The lowest BCUT2D eigenvalue weighted by molar-refractivity contribution is -0.0507. The molecule has 0 spiro atoms. The highest BCUT2D eigenvalue weighted by atomic mass is 35.5. The zero-order valence-electron chi connectivity index (χ0n) is 10.3. The van der Waals surface area contributed by atoms with Crippen molar-refractivity contribution in [2.24, 2.45) is 0 Å². The third-order valence-corrected chi connectivity index (χ3v) is 3.71. The van der Waals surface area contributed by atoms with Crippen LogP contribution in [0.2, 0.25) is 5.28 Å². The van der Waals surface area contributed by atoms with Crippen LogP contribution in [0.5, 0.6) is 0 Å². The highest BCUT2D eigenvalue weighted by molar-refractivity contribution is 6.29. The summed E-state index contributed by atoms with van der Waals surface area (Å²) in [5.74, 6) is 0. The smallest absolute Gasteiger partial charge is 0.206 e. The molecule has 1 fully saturated rings. The van der Waals surface area contributed by atoms with Crippen molar-refractivity contribution in [3.63, 3.8) is 0 Å². The summed E-state index contributed by atoms with van der Waals surface area (Å²) in [5, 5.41) is 29.1. The average molecular weight is 300 g/mol. The molecule has 7 nitrogen and oxygen atoms in total. The summed E-state index contributed by atoms with van der Waals surface area (Å²) < 4.78 is 6.93. The molecular formula is C12H14ClN3O4. The van der Waals surface area contributed by atoms with Gasteiger partial charge in [-0.1, -0.05) is 0 Å². The lowest BCUT2D eigenvalue weighted by Crippen LogP contribution is -2.33. The number of hydrogen-bond acceptors (Lipinski definition) is 6. The number of rotatable bonds is 2. The number of fused-ring (bicyclic) bond motifs is 1. The van der Waals surface area contributed by atoms with Gasteiger partial charge < -0.3 is 25.8 Å². The van der Waals surface area contributed by atoms with Crippen LogP contribution < -0.4 is 5.73 Å². The standard InChI is InChI=1S/C12H14ClN3O4/c13-12-15-6-3-5(14)1-2-7(6)16(12)11-10(19)9(18)8(4-17)20-11/h1-3,8-11,17-19H,4,14H2/t8-,9-,10-,11-/m1/s1. The molecule has 0 saturated carbocycles. The topological polar surface area (TPSA) is 114 Å². The Balaban J connectivity index is 2.08. The van der Waals surface area contributed by atoms with Crippen LogP contribution in [-0.2, 0) is 4.74 Å². The maximum absolute atomic E-state index is 10.1. The minimum Gasteiger partial charge on any atom is -0.399 e. The molecule has 1 aliphatic heterocycles. The Labute approximate surface area is 119 Å². The van der Waals surface area contributed by atoms with Crippen molar-refractivity contribution in [3.8, 4) is 0 Å². The average Bonchev–Trinajstić information content (AvgIpc) is 2.87. The van der Waals surface area contributed by atoms with E-state index in [4.69, 9.17) is 27.2 Å². The second-order valence-corrected chi connectivity index (χ2v) is 5.07. The molecule has 108 valence electrons. The van der Waals surface area contributed by atoms with Gasteiger partial charge in [-0.15, -0.1) is 0 Å². The van der Waals surface area contributed by atoms with Gasteiger partial charge in [0.05, 0.1) is 17.6 Å². The van der Waals surface area contributed by atoms with E-state index in [9.17, 15) is 10.2 Å². The van der Waals surface area contributed by atoms with Gasteiger partial charge in [0.2, 0.25) is 5.28 Å². The fourth-order valence-corrected chi connectivity index (χ4v) is 2.70. The summed E-state index contributed by atoms with van der Waals surface area (Å²) in [4.78, 5) is 4.14. The number of imidazole rings is 1. The molecule has 5 N–H and O–H groups in total. The highest BCUT2D eigenvalue weighted by Crippen LogP contribution is 2.35. The molecule has 20 heavy (non-hydrogen) atoms. The quantitative estimate of drug-likeness (QED) is 0.575. The Morgan fingerprint density at radius 3 is 2.75 bits per heavy atom. The Bertz CT molecular complexity index is 647. The number of hydrogen-bond donors (Lipinski definition) is 4. The van der Waals surface area contributed by atoms with Crippen molar-refractivity contribution in [2.75, 3.05) is 12.3 Å². The zero-order chi connectivity index (χ0) is 14.4. The van der Waals surface area contributed by atoms with Gasteiger partial charge in [0.25, 0.3) is 0 Å². The SMILES string of the molecule is Nc1ccc2c(c1)nc(Cl)n2[C@@H]1O[C@H](CO)[C@@H](O)[C@H]1O. The van der Waals surface area contributed by atoms with E-state index in [-0.39, 0.29) is 5.28 Å². The third kappa shape index (κ3) is 1.95. The molecule has 4 atom stereocenters. The molecule has 1 saturated heterocycles. The van der Waals surface area contributed by atoms with E-state index in [0.29, 0.717) is 16.7 Å². The maximum atomic E-state index is 10.1. The summed E-state index contributed by atoms with van der Waals surface area (Å²) in [6.45, 7) is -0.397. The van der Waals surface area contributed by atoms with Crippen molar-refractivity contribution in [3.05, 3.63) is 23.5 Å². The first-order valence-electron chi connectivity index (χ1n) is 6.08. The molecule has 3 rings (SSSR count). The summed E-state index contributed by atoms with van der Waals surface area (Å²) >= 11 is 6.08. The molecule has 8 heteroatoms. The first-order valence-corrected chi connectivity index (χ1v) is 6.46. The van der Waals surface area contributed by atoms with Crippen LogP contribution in [0, 0.1) is 0 Å². The summed E-state index contributed by atoms with van der Waals surface area (Å²) in [5.41, 5.74) is 7.41. The van der Waals surface area contributed by atoms with Crippen molar-refractivity contribution in [1.29, 1.82) is 0 Å². The number of aromatic nitrogens is 2. The molecule has 0 bridgehead atoms. The van der Waals surface area contributed by atoms with Crippen molar-refractivity contribution < 1.29 is 20.1 Å². The largest absolute Gasteiger partial charge is 0.399 e. The second kappa shape index (κ2) is 4.87. The Hall–Kier alpha value is -1.38. The van der Waals surface area contributed by atoms with E-state index >= 15 is 0 Å². The summed E-state index contributed by atoms with van der Waals surface area (Å²) in [6.07, 6.45) is -4.17. The van der Waals surface area contributed by atoms with Crippen LogP contribution in [0.3, 0.4) is 0 Å². The van der Waals surface area contributed by atoms with Gasteiger partial charge in [0.1, 0.15) is 18.3 Å². The number of benzene rings is 1. The van der Waals surface area contributed by atoms with E-state index in [0.717, 1.165) is 0 Å². The summed E-state index contributed by atoms with van der Waals surface area (Å²) in [7, 11) is 0. The lowest BCUT2D eigenvalue weighted by Gasteiger charge is -2.18. The van der Waals surface area contributed by atoms with Gasteiger partial charge in [-0.3, -0.25) is 4.57 Å². The number of halogens is 1. The molecule has 0 radical (unpaired) electrons. The molecule has 1 aromatic carbocycles. The fraction of sp³-hybridized carbons (Fsp3) is 0.417. The van der Waals surface area contributed by atoms with Crippen LogP contribution in [-0.4, -0.2) is 49.8 Å². The van der Waals surface area contributed by atoms with Gasteiger partial charge in [-0.25, -0.2) is 4.98 Å². The molecule has 1 aliphatic rings. The van der Waals surface area contributed by atoms with Crippen LogP contribution in [0.15, 0.2) is 18.2 Å². The van der Waals surface area contributed by atoms with E-state index < -0.39 is 31.1 Å². The third-order valence-electron chi connectivity index (χ3n) is 3.44. The predicted molar refractivity (Wildman–Crippen MR) is 72.2 cm³/mol. The lowest BCUT2D eigenvalue weighted by atomic mass is 10.1. The highest BCUT2D eigenvalue weighted by Gasteiger charge is 2.44. The maximum Gasteiger partial charge on any atom is 0.206 e. The molecular weight excluding hydrogens is 286 g/mol. The van der Waals surface area contributed by atoms with Crippen molar-refractivity contribution in [1.82, 2.24) is 9.55 Å². The van der Waals surface area contributed by atoms with Gasteiger partial charge in [0, 0.05) is 5.69 Å². The fourth-order valence-electron chi connectivity index (χ4n) is 2.42. The second-order valence-electron chi connectivity index (χ2n) is 4.73. The number of aliphatic hydroxyl groups is 3. The van der Waals surface area contributed by atoms with Crippen LogP contribution in [0.4, 0.5) is 5.69 Å². The summed E-state index contributed by atoms with van der Waals surface area (Å²) in [6, 6.07) is 5.04. The number of nitrogens with two attached hydrogens (primary N) is 1. The van der Waals surface area contributed by atoms with Gasteiger partial charge in [-0.05, 0) is 29.8 Å². The van der Waals surface area contributed by atoms with E-state index in [1.165, 1.54) is 4.57 Å². The normalized spacial score (nSPS) is 30.2. The number of aliphatic hydroxyl groups excluding tert-OH is 3. The minimum absolute atomic E-state index is 0.112. The van der Waals surface area contributed by atoms with Gasteiger partial charge in [0.15, 0.2) is 6.23 Å². The van der Waals surface area contributed by atoms with E-state index in [2.05, 4.69) is 4.98 Å². The van der Waals surface area contributed by atoms with Crippen LogP contribution >= 0.6 is 11.6 Å².